The first-order chi connectivity index (χ1) is 5.77. The van der Waals surface area contributed by atoms with Gasteiger partial charge in [0.1, 0.15) is 5.69 Å². The van der Waals surface area contributed by atoms with E-state index in [1.807, 2.05) is 24.7 Å². The minimum atomic E-state index is 0.938. The third-order valence-electron chi connectivity index (χ3n) is 1.89. The zero-order chi connectivity index (χ0) is 8.55. The molecule has 0 fully saturated rings. The van der Waals surface area contributed by atoms with Crippen LogP contribution < -0.4 is 0 Å². The van der Waals surface area contributed by atoms with Crippen molar-refractivity contribution in [1.29, 1.82) is 0 Å². The van der Waals surface area contributed by atoms with E-state index in [-0.39, 0.29) is 0 Å². The van der Waals surface area contributed by atoms with Gasteiger partial charge in [-0.25, -0.2) is 4.98 Å². The Hall–Kier alpha value is -1.58. The molecule has 0 aliphatic heterocycles. The van der Waals surface area contributed by atoms with Crippen molar-refractivity contribution in [2.45, 2.75) is 6.92 Å². The fraction of sp³-hybridized carbons (Fsp3) is 0.250. The molecule has 0 aliphatic carbocycles. The average molecular weight is 162 g/mol. The van der Waals surface area contributed by atoms with Crippen molar-refractivity contribution in [2.24, 2.45) is 7.05 Å². The molecule has 2 aromatic rings. The molecule has 0 amide bonds. The maximum absolute atomic E-state index is 4.30. The smallest absolute Gasteiger partial charge is 0.110 e. The quantitative estimate of drug-likeness (QED) is 0.683. The summed E-state index contributed by atoms with van der Waals surface area (Å²) < 4.78 is 1.84. The summed E-state index contributed by atoms with van der Waals surface area (Å²) in [7, 11) is 1.93. The van der Waals surface area contributed by atoms with Gasteiger partial charge in [0.2, 0.25) is 0 Å². The van der Waals surface area contributed by atoms with Crippen molar-refractivity contribution in [1.82, 2.24) is 19.7 Å². The molecule has 2 heterocycles. The van der Waals surface area contributed by atoms with Gasteiger partial charge in [-0.3, -0.25) is 4.68 Å². The van der Waals surface area contributed by atoms with Gasteiger partial charge in [-0.05, 0) is 13.0 Å². The number of imidazole rings is 1. The molecule has 62 valence electrons. The van der Waals surface area contributed by atoms with Crippen LogP contribution in [0.3, 0.4) is 0 Å². The van der Waals surface area contributed by atoms with E-state index >= 15 is 0 Å². The largest absolute Gasteiger partial charge is 0.343 e. The van der Waals surface area contributed by atoms with E-state index in [1.165, 1.54) is 0 Å². The minimum Gasteiger partial charge on any atom is -0.343 e. The van der Waals surface area contributed by atoms with Gasteiger partial charge in [0.25, 0.3) is 0 Å². The number of nitrogens with zero attached hydrogens (tertiary/aromatic N) is 3. The first-order valence-electron chi connectivity index (χ1n) is 3.77. The maximum atomic E-state index is 4.30. The lowest BCUT2D eigenvalue weighted by Crippen LogP contribution is -1.92. The zero-order valence-electron chi connectivity index (χ0n) is 7.07. The van der Waals surface area contributed by atoms with Crippen LogP contribution in [0.25, 0.3) is 11.4 Å². The molecule has 0 bridgehead atoms. The monoisotopic (exact) mass is 162 g/mol. The Morgan fingerprint density at radius 1 is 1.50 bits per heavy atom. The molecule has 0 unspecified atom stereocenters. The van der Waals surface area contributed by atoms with Crippen LogP contribution in [-0.2, 0) is 7.05 Å². The predicted molar refractivity (Wildman–Crippen MR) is 45.5 cm³/mol. The molecule has 0 radical (unpaired) electrons. The molecule has 12 heavy (non-hydrogen) atoms. The first kappa shape index (κ1) is 7.09. The number of aromatic amines is 1. The molecule has 4 heteroatoms. The molecule has 0 spiro atoms. The number of hydrogen-bond donors (Lipinski definition) is 1. The Morgan fingerprint density at radius 3 is 2.83 bits per heavy atom. The summed E-state index contributed by atoms with van der Waals surface area (Å²) in [5.74, 6) is 0. The number of H-pyrrole nitrogens is 1. The van der Waals surface area contributed by atoms with Crippen LogP contribution in [0.15, 0.2) is 18.6 Å². The summed E-state index contributed by atoms with van der Waals surface area (Å²) in [6.07, 6.45) is 3.42. The fourth-order valence-corrected chi connectivity index (χ4v) is 1.09. The van der Waals surface area contributed by atoms with E-state index < -0.39 is 0 Å². The molecule has 0 atom stereocenters. The number of rotatable bonds is 1. The van der Waals surface area contributed by atoms with E-state index in [1.54, 1.807) is 12.5 Å². The lowest BCUT2D eigenvalue weighted by atomic mass is 10.3. The number of nitrogens with one attached hydrogen (secondary N) is 1. The fourth-order valence-electron chi connectivity index (χ4n) is 1.09. The predicted octanol–water partition coefficient (Wildman–Crippen LogP) is 1.12. The molecular formula is C8H10N4. The normalized spacial score (nSPS) is 10.5. The Balaban J connectivity index is 2.48. The maximum Gasteiger partial charge on any atom is 0.110 e. The first-order valence-corrected chi connectivity index (χ1v) is 3.77. The number of hydrogen-bond acceptors (Lipinski definition) is 2. The topological polar surface area (TPSA) is 46.5 Å². The Bertz CT molecular complexity index is 352. The van der Waals surface area contributed by atoms with Gasteiger partial charge in [0.15, 0.2) is 0 Å². The third-order valence-corrected chi connectivity index (χ3v) is 1.89. The summed E-state index contributed by atoms with van der Waals surface area (Å²) in [4.78, 5) is 6.94. The van der Waals surface area contributed by atoms with Crippen molar-refractivity contribution in [3.05, 3.63) is 24.3 Å². The standard InChI is InChI=1S/C8H10N4/c1-6-3-7(11-12(6)2)8-4-9-5-10-8/h3-5H,1-2H3,(H,9,10). The van der Waals surface area contributed by atoms with E-state index in [9.17, 15) is 0 Å². The lowest BCUT2D eigenvalue weighted by Gasteiger charge is -1.89. The van der Waals surface area contributed by atoms with Crippen molar-refractivity contribution < 1.29 is 0 Å². The van der Waals surface area contributed by atoms with Gasteiger partial charge in [-0.2, -0.15) is 5.10 Å². The summed E-state index contributed by atoms with van der Waals surface area (Å²) in [6, 6.07) is 2.02. The average Bonchev–Trinajstić information content (AvgIpc) is 2.61. The Kier molecular flexibility index (Phi) is 1.46. The highest BCUT2D eigenvalue weighted by atomic mass is 15.3. The molecule has 0 aliphatic rings. The van der Waals surface area contributed by atoms with Gasteiger partial charge in [0, 0.05) is 12.7 Å². The van der Waals surface area contributed by atoms with Crippen molar-refractivity contribution in [3.63, 3.8) is 0 Å². The highest BCUT2D eigenvalue weighted by Gasteiger charge is 2.03. The molecule has 0 aromatic carbocycles. The molecule has 2 aromatic heterocycles. The van der Waals surface area contributed by atoms with E-state index in [2.05, 4.69) is 15.1 Å². The second kappa shape index (κ2) is 2.48. The highest BCUT2D eigenvalue weighted by molar-refractivity contribution is 5.52. The van der Waals surface area contributed by atoms with Crippen LogP contribution >= 0.6 is 0 Å². The zero-order valence-corrected chi connectivity index (χ0v) is 7.07. The summed E-state index contributed by atoms with van der Waals surface area (Å²) in [6.45, 7) is 2.02. The van der Waals surface area contributed by atoms with Crippen molar-refractivity contribution >= 4 is 0 Å². The van der Waals surface area contributed by atoms with Gasteiger partial charge in [-0.1, -0.05) is 0 Å². The molecule has 1 N–H and O–H groups in total. The number of aryl methyl sites for hydroxylation is 2. The van der Waals surface area contributed by atoms with Gasteiger partial charge in [0.05, 0.1) is 18.2 Å². The SMILES string of the molecule is Cc1cc(-c2cnc[nH]2)nn1C. The highest BCUT2D eigenvalue weighted by Crippen LogP contribution is 2.14. The third kappa shape index (κ3) is 1.01. The van der Waals surface area contributed by atoms with Crippen LogP contribution in [0, 0.1) is 6.92 Å². The molecule has 2 rings (SSSR count). The van der Waals surface area contributed by atoms with Crippen LogP contribution in [0.2, 0.25) is 0 Å². The van der Waals surface area contributed by atoms with Gasteiger partial charge < -0.3 is 4.98 Å². The molecule has 4 nitrogen and oxygen atoms in total. The Labute approximate surface area is 70.3 Å². The second-order valence-corrected chi connectivity index (χ2v) is 2.76. The van der Waals surface area contributed by atoms with E-state index in [4.69, 9.17) is 0 Å². The van der Waals surface area contributed by atoms with Crippen LogP contribution in [0.5, 0.6) is 0 Å². The van der Waals surface area contributed by atoms with Gasteiger partial charge >= 0.3 is 0 Å². The summed E-state index contributed by atoms with van der Waals surface area (Å²) in [5, 5.41) is 4.30. The van der Waals surface area contributed by atoms with Crippen LogP contribution in [-0.4, -0.2) is 19.7 Å². The summed E-state index contributed by atoms with van der Waals surface area (Å²) >= 11 is 0. The van der Waals surface area contributed by atoms with E-state index in [0.717, 1.165) is 17.1 Å². The van der Waals surface area contributed by atoms with Crippen LogP contribution in [0.1, 0.15) is 5.69 Å². The Morgan fingerprint density at radius 2 is 2.33 bits per heavy atom. The lowest BCUT2D eigenvalue weighted by molar-refractivity contribution is 0.742. The molecular weight excluding hydrogens is 152 g/mol. The minimum absolute atomic E-state index is 0.938. The van der Waals surface area contributed by atoms with Gasteiger partial charge in [-0.15, -0.1) is 0 Å². The van der Waals surface area contributed by atoms with Crippen LogP contribution in [0.4, 0.5) is 0 Å². The van der Waals surface area contributed by atoms with Crippen molar-refractivity contribution in [3.8, 4) is 11.4 Å². The molecule has 0 saturated carbocycles. The van der Waals surface area contributed by atoms with E-state index in [0.29, 0.717) is 0 Å². The molecule has 0 saturated heterocycles. The van der Waals surface area contributed by atoms with Crippen molar-refractivity contribution in [2.75, 3.05) is 0 Å². The number of aromatic nitrogens is 4. The summed E-state index contributed by atoms with van der Waals surface area (Å²) in [5.41, 5.74) is 3.03. The second-order valence-electron chi connectivity index (χ2n) is 2.76.